The van der Waals surface area contributed by atoms with Gasteiger partial charge in [0.25, 0.3) is 5.56 Å². The van der Waals surface area contributed by atoms with E-state index < -0.39 is 0 Å². The van der Waals surface area contributed by atoms with Crippen LogP contribution in [0, 0.1) is 6.92 Å². The number of fused-ring (bicyclic) bond motifs is 1. The minimum absolute atomic E-state index is 0.131. The van der Waals surface area contributed by atoms with Gasteiger partial charge in [-0.3, -0.25) is 14.0 Å². The fourth-order valence-corrected chi connectivity index (χ4v) is 2.24. The van der Waals surface area contributed by atoms with Gasteiger partial charge in [-0.15, -0.1) is 0 Å². The Morgan fingerprint density at radius 3 is 2.60 bits per heavy atom. The maximum Gasteiger partial charge on any atom is 0.282 e. The molecule has 102 valence electrons. The lowest BCUT2D eigenvalue weighted by Crippen LogP contribution is -2.21. The molecule has 0 aliphatic carbocycles. The van der Waals surface area contributed by atoms with E-state index in [9.17, 15) is 4.79 Å². The van der Waals surface area contributed by atoms with Gasteiger partial charge in [-0.1, -0.05) is 23.7 Å². The molecule has 20 heavy (non-hydrogen) atoms. The van der Waals surface area contributed by atoms with Crippen LogP contribution < -0.4 is 5.56 Å². The van der Waals surface area contributed by atoms with E-state index in [0.29, 0.717) is 22.6 Å². The average Bonchev–Trinajstić information content (AvgIpc) is 2.72. The maximum absolute atomic E-state index is 12.4. The van der Waals surface area contributed by atoms with Gasteiger partial charge in [0.15, 0.2) is 5.52 Å². The molecule has 0 bridgehead atoms. The van der Waals surface area contributed by atoms with Gasteiger partial charge in [-0.25, -0.2) is 4.98 Å². The van der Waals surface area contributed by atoms with E-state index in [-0.39, 0.29) is 5.56 Å². The second-order valence-corrected chi connectivity index (χ2v) is 5.15. The minimum Gasteiger partial charge on any atom is -0.293 e. The summed E-state index contributed by atoms with van der Waals surface area (Å²) in [6, 6.07) is 7.39. The SMILES string of the molecule is Cc1c2ncn(Cc3ccc(Cl)cc3)c(=O)c2nn1C. The molecule has 0 N–H and O–H groups in total. The average molecular weight is 289 g/mol. The number of benzene rings is 1. The molecular formula is C14H13ClN4O. The zero-order valence-electron chi connectivity index (χ0n) is 11.2. The Kier molecular flexibility index (Phi) is 3.06. The van der Waals surface area contributed by atoms with Crippen LogP contribution in [0.15, 0.2) is 35.4 Å². The third kappa shape index (κ3) is 2.10. The first kappa shape index (κ1) is 12.9. The van der Waals surface area contributed by atoms with E-state index in [0.717, 1.165) is 11.3 Å². The van der Waals surface area contributed by atoms with Crippen LogP contribution in [0.25, 0.3) is 11.0 Å². The summed E-state index contributed by atoms with van der Waals surface area (Å²) in [6.45, 7) is 2.35. The van der Waals surface area contributed by atoms with E-state index in [2.05, 4.69) is 10.1 Å². The predicted molar refractivity (Wildman–Crippen MR) is 78.1 cm³/mol. The molecule has 1 aromatic carbocycles. The first-order valence-corrected chi connectivity index (χ1v) is 6.57. The summed E-state index contributed by atoms with van der Waals surface area (Å²) < 4.78 is 3.23. The standard InChI is InChI=1S/C14H13ClN4O/c1-9-12-13(17-18(9)2)14(20)19(8-16-12)7-10-3-5-11(15)6-4-10/h3-6,8H,7H2,1-2H3. The molecule has 0 fully saturated rings. The Bertz CT molecular complexity index is 833. The van der Waals surface area contributed by atoms with Crippen molar-refractivity contribution in [2.45, 2.75) is 13.5 Å². The van der Waals surface area contributed by atoms with Gasteiger partial charge >= 0.3 is 0 Å². The highest BCUT2D eigenvalue weighted by Gasteiger charge is 2.11. The molecule has 0 aliphatic rings. The lowest BCUT2D eigenvalue weighted by Gasteiger charge is -2.05. The van der Waals surface area contributed by atoms with Gasteiger partial charge in [0.1, 0.15) is 5.52 Å². The van der Waals surface area contributed by atoms with Gasteiger partial charge in [0.2, 0.25) is 0 Å². The van der Waals surface area contributed by atoms with Crippen LogP contribution in [0.1, 0.15) is 11.3 Å². The van der Waals surface area contributed by atoms with Crippen molar-refractivity contribution in [3.8, 4) is 0 Å². The smallest absolute Gasteiger partial charge is 0.282 e. The van der Waals surface area contributed by atoms with Crippen molar-refractivity contribution < 1.29 is 0 Å². The minimum atomic E-state index is -0.131. The summed E-state index contributed by atoms with van der Waals surface area (Å²) in [7, 11) is 1.81. The van der Waals surface area contributed by atoms with E-state index >= 15 is 0 Å². The van der Waals surface area contributed by atoms with Crippen LogP contribution in [0.5, 0.6) is 0 Å². The highest BCUT2D eigenvalue weighted by atomic mass is 35.5. The largest absolute Gasteiger partial charge is 0.293 e. The predicted octanol–water partition coefficient (Wildman–Crippen LogP) is 2.14. The number of nitrogens with zero attached hydrogens (tertiary/aromatic N) is 4. The lowest BCUT2D eigenvalue weighted by molar-refractivity contribution is 0.734. The van der Waals surface area contributed by atoms with Crippen LogP contribution in [0.4, 0.5) is 0 Å². The Labute approximate surface area is 120 Å². The number of rotatable bonds is 2. The molecule has 0 unspecified atom stereocenters. The second kappa shape index (κ2) is 4.76. The Hall–Kier alpha value is -2.14. The summed E-state index contributed by atoms with van der Waals surface area (Å²) >= 11 is 5.85. The van der Waals surface area contributed by atoms with Crippen LogP contribution in [-0.2, 0) is 13.6 Å². The Morgan fingerprint density at radius 1 is 1.20 bits per heavy atom. The van der Waals surface area contributed by atoms with Crippen molar-refractivity contribution in [3.05, 3.63) is 57.2 Å². The van der Waals surface area contributed by atoms with Gasteiger partial charge in [-0.05, 0) is 24.6 Å². The Morgan fingerprint density at radius 2 is 1.90 bits per heavy atom. The van der Waals surface area contributed by atoms with Crippen LogP contribution >= 0.6 is 11.6 Å². The van der Waals surface area contributed by atoms with Crippen LogP contribution in [0.2, 0.25) is 5.02 Å². The van der Waals surface area contributed by atoms with Gasteiger partial charge in [0.05, 0.1) is 18.6 Å². The summed E-state index contributed by atoms with van der Waals surface area (Å²) in [6.07, 6.45) is 1.56. The van der Waals surface area contributed by atoms with E-state index in [1.807, 2.05) is 19.1 Å². The van der Waals surface area contributed by atoms with Crippen molar-refractivity contribution in [2.24, 2.45) is 7.05 Å². The Balaban J connectivity index is 2.06. The molecule has 0 aliphatic heterocycles. The van der Waals surface area contributed by atoms with Gasteiger partial charge < -0.3 is 0 Å². The number of hydrogen-bond acceptors (Lipinski definition) is 3. The third-order valence-corrected chi connectivity index (χ3v) is 3.61. The first-order chi connectivity index (χ1) is 9.56. The molecular weight excluding hydrogens is 276 g/mol. The van der Waals surface area contributed by atoms with Crippen molar-refractivity contribution >= 4 is 22.6 Å². The molecule has 5 nitrogen and oxygen atoms in total. The highest BCUT2D eigenvalue weighted by molar-refractivity contribution is 6.30. The molecule has 3 rings (SSSR count). The first-order valence-electron chi connectivity index (χ1n) is 6.19. The van der Waals surface area contributed by atoms with Gasteiger partial charge in [-0.2, -0.15) is 5.10 Å². The molecule has 6 heteroatoms. The fraction of sp³-hybridized carbons (Fsp3) is 0.214. The monoisotopic (exact) mass is 288 g/mol. The zero-order chi connectivity index (χ0) is 14.3. The number of hydrogen-bond donors (Lipinski definition) is 0. The normalized spacial score (nSPS) is 11.2. The quantitative estimate of drug-likeness (QED) is 0.726. The van der Waals surface area contributed by atoms with Crippen molar-refractivity contribution in [1.82, 2.24) is 19.3 Å². The second-order valence-electron chi connectivity index (χ2n) is 4.71. The lowest BCUT2D eigenvalue weighted by atomic mass is 10.2. The molecule has 2 aromatic heterocycles. The number of halogens is 1. The maximum atomic E-state index is 12.4. The highest BCUT2D eigenvalue weighted by Crippen LogP contribution is 2.12. The molecule has 0 spiro atoms. The summed E-state index contributed by atoms with van der Waals surface area (Å²) in [4.78, 5) is 16.7. The van der Waals surface area contributed by atoms with Crippen LogP contribution in [-0.4, -0.2) is 19.3 Å². The molecule has 3 aromatic rings. The zero-order valence-corrected chi connectivity index (χ0v) is 11.9. The molecule has 2 heterocycles. The van der Waals surface area contributed by atoms with E-state index in [1.165, 1.54) is 0 Å². The third-order valence-electron chi connectivity index (χ3n) is 3.36. The summed E-state index contributed by atoms with van der Waals surface area (Å²) in [5.74, 6) is 0. The molecule has 0 saturated heterocycles. The summed E-state index contributed by atoms with van der Waals surface area (Å²) in [5, 5.41) is 4.90. The van der Waals surface area contributed by atoms with E-state index in [4.69, 9.17) is 11.6 Å². The van der Waals surface area contributed by atoms with Crippen molar-refractivity contribution in [2.75, 3.05) is 0 Å². The molecule has 0 amide bonds. The number of aromatic nitrogens is 4. The molecule has 0 radical (unpaired) electrons. The number of aryl methyl sites for hydroxylation is 2. The van der Waals surface area contributed by atoms with Crippen molar-refractivity contribution in [1.29, 1.82) is 0 Å². The van der Waals surface area contributed by atoms with Gasteiger partial charge in [0, 0.05) is 12.1 Å². The molecule has 0 saturated carbocycles. The summed E-state index contributed by atoms with van der Waals surface area (Å²) in [5.41, 5.74) is 2.81. The van der Waals surface area contributed by atoms with Crippen molar-refractivity contribution in [3.63, 3.8) is 0 Å². The van der Waals surface area contributed by atoms with E-state index in [1.54, 1.807) is 34.8 Å². The molecule has 0 atom stereocenters. The fourth-order valence-electron chi connectivity index (χ4n) is 2.11. The van der Waals surface area contributed by atoms with Crippen LogP contribution in [0.3, 0.4) is 0 Å². The topological polar surface area (TPSA) is 52.7 Å².